The Labute approximate surface area is 117 Å². The van der Waals surface area contributed by atoms with Gasteiger partial charge in [0.1, 0.15) is 17.4 Å². The number of nitrogen functional groups attached to an aromatic ring is 1. The number of carbonyl (C=O) groups is 1. The van der Waals surface area contributed by atoms with Gasteiger partial charge in [-0.05, 0) is 24.3 Å². The normalized spacial score (nSPS) is 10.3. The topological polar surface area (TPSA) is 75.3 Å². The zero-order valence-electron chi connectivity index (χ0n) is 9.95. The van der Waals surface area contributed by atoms with Gasteiger partial charge in [-0.15, -0.1) is 0 Å². The molecule has 0 aliphatic heterocycles. The Morgan fingerprint density at radius 3 is 2.60 bits per heavy atom. The van der Waals surface area contributed by atoms with Gasteiger partial charge in [-0.2, -0.15) is 0 Å². The number of phenols is 1. The van der Waals surface area contributed by atoms with Crippen LogP contribution in [0.5, 0.6) is 5.75 Å². The number of hydrogen-bond donors (Lipinski definition) is 3. The number of aromatic hydroxyl groups is 1. The highest BCUT2D eigenvalue weighted by Gasteiger charge is 2.15. The average Bonchev–Trinajstić information content (AvgIpc) is 2.38. The van der Waals surface area contributed by atoms with E-state index < -0.39 is 17.5 Å². The quantitative estimate of drug-likeness (QED) is 0.745. The fourth-order valence-corrected chi connectivity index (χ4v) is 1.71. The van der Waals surface area contributed by atoms with Gasteiger partial charge in [0.05, 0.1) is 16.9 Å². The average molecular weight is 299 g/mol. The highest BCUT2D eigenvalue weighted by Crippen LogP contribution is 2.25. The molecule has 0 atom stereocenters. The van der Waals surface area contributed by atoms with Gasteiger partial charge in [0, 0.05) is 11.1 Å². The lowest BCUT2D eigenvalue weighted by Crippen LogP contribution is -2.14. The van der Waals surface area contributed by atoms with Crippen LogP contribution in [0.1, 0.15) is 10.4 Å². The van der Waals surface area contributed by atoms with E-state index in [1.807, 2.05) is 0 Å². The lowest BCUT2D eigenvalue weighted by atomic mass is 10.1. The van der Waals surface area contributed by atoms with Crippen LogP contribution in [0.4, 0.5) is 20.2 Å². The number of rotatable bonds is 2. The molecule has 0 spiro atoms. The van der Waals surface area contributed by atoms with Crippen molar-refractivity contribution in [1.29, 1.82) is 0 Å². The molecule has 4 nitrogen and oxygen atoms in total. The van der Waals surface area contributed by atoms with E-state index >= 15 is 0 Å². The molecule has 0 fully saturated rings. The molecule has 0 heterocycles. The predicted octanol–water partition coefficient (Wildman–Crippen LogP) is 3.16. The van der Waals surface area contributed by atoms with Gasteiger partial charge < -0.3 is 16.2 Å². The van der Waals surface area contributed by atoms with E-state index in [9.17, 15) is 18.7 Å². The van der Waals surface area contributed by atoms with Crippen LogP contribution in [0.15, 0.2) is 30.3 Å². The zero-order chi connectivity index (χ0) is 14.9. The second kappa shape index (κ2) is 5.34. The molecule has 2 rings (SSSR count). The maximum Gasteiger partial charge on any atom is 0.259 e. The van der Waals surface area contributed by atoms with Crippen molar-refractivity contribution in [2.24, 2.45) is 0 Å². The van der Waals surface area contributed by atoms with Crippen LogP contribution >= 0.6 is 11.6 Å². The van der Waals surface area contributed by atoms with E-state index in [4.69, 9.17) is 17.3 Å². The van der Waals surface area contributed by atoms with Crippen molar-refractivity contribution >= 4 is 28.9 Å². The SMILES string of the molecule is Nc1cc(NC(=O)c2cc(Cl)ccc2O)c(F)cc1F. The number of benzene rings is 2. The summed E-state index contributed by atoms with van der Waals surface area (Å²) in [6.45, 7) is 0. The minimum absolute atomic E-state index is 0.139. The molecule has 2 aromatic rings. The van der Waals surface area contributed by atoms with Crippen LogP contribution < -0.4 is 11.1 Å². The highest BCUT2D eigenvalue weighted by atomic mass is 35.5. The van der Waals surface area contributed by atoms with E-state index in [2.05, 4.69) is 5.32 Å². The first-order chi connectivity index (χ1) is 9.38. The van der Waals surface area contributed by atoms with E-state index in [-0.39, 0.29) is 27.7 Å². The molecule has 0 saturated carbocycles. The van der Waals surface area contributed by atoms with Gasteiger partial charge in [0.2, 0.25) is 0 Å². The Morgan fingerprint density at radius 1 is 1.20 bits per heavy atom. The minimum Gasteiger partial charge on any atom is -0.507 e. The summed E-state index contributed by atoms with van der Waals surface area (Å²) in [7, 11) is 0. The zero-order valence-corrected chi connectivity index (χ0v) is 10.7. The molecule has 104 valence electrons. The maximum atomic E-state index is 13.5. The Hall–Kier alpha value is -2.34. The summed E-state index contributed by atoms with van der Waals surface area (Å²) in [5.41, 5.74) is 4.55. The number of nitrogens with two attached hydrogens (primary N) is 1. The van der Waals surface area contributed by atoms with Crippen molar-refractivity contribution in [1.82, 2.24) is 0 Å². The highest BCUT2D eigenvalue weighted by molar-refractivity contribution is 6.31. The molecular formula is C13H9ClF2N2O2. The summed E-state index contributed by atoms with van der Waals surface area (Å²) in [6, 6.07) is 5.35. The number of phenolic OH excluding ortho intramolecular Hbond substituents is 1. The third kappa shape index (κ3) is 2.80. The van der Waals surface area contributed by atoms with Crippen molar-refractivity contribution in [3.8, 4) is 5.75 Å². The molecule has 0 radical (unpaired) electrons. The molecule has 0 aliphatic carbocycles. The van der Waals surface area contributed by atoms with Gasteiger partial charge in [-0.1, -0.05) is 11.6 Å². The molecule has 7 heteroatoms. The number of nitrogens with one attached hydrogen (secondary N) is 1. The first-order valence-corrected chi connectivity index (χ1v) is 5.80. The van der Waals surface area contributed by atoms with Gasteiger partial charge in [-0.3, -0.25) is 4.79 Å². The van der Waals surface area contributed by atoms with Crippen LogP contribution in [0.3, 0.4) is 0 Å². The molecule has 20 heavy (non-hydrogen) atoms. The van der Waals surface area contributed by atoms with E-state index in [1.54, 1.807) is 0 Å². The van der Waals surface area contributed by atoms with Crippen molar-refractivity contribution in [2.45, 2.75) is 0 Å². The van der Waals surface area contributed by atoms with Crippen LogP contribution in [0, 0.1) is 11.6 Å². The van der Waals surface area contributed by atoms with Crippen molar-refractivity contribution in [3.05, 3.63) is 52.6 Å². The second-order valence-corrected chi connectivity index (χ2v) is 4.41. The minimum atomic E-state index is -0.980. The fraction of sp³-hybridized carbons (Fsp3) is 0. The Kier molecular flexibility index (Phi) is 3.76. The summed E-state index contributed by atoms with van der Waals surface area (Å²) in [4.78, 5) is 11.9. The lowest BCUT2D eigenvalue weighted by Gasteiger charge is -2.09. The third-order valence-corrected chi connectivity index (χ3v) is 2.77. The summed E-state index contributed by atoms with van der Waals surface area (Å²) < 4.78 is 26.5. The summed E-state index contributed by atoms with van der Waals surface area (Å²) in [5, 5.41) is 12.0. The fourth-order valence-electron chi connectivity index (χ4n) is 1.54. The van der Waals surface area contributed by atoms with E-state index in [1.165, 1.54) is 18.2 Å². The Morgan fingerprint density at radius 2 is 1.90 bits per heavy atom. The second-order valence-electron chi connectivity index (χ2n) is 3.97. The predicted molar refractivity (Wildman–Crippen MR) is 71.8 cm³/mol. The molecule has 0 bridgehead atoms. The number of hydrogen-bond acceptors (Lipinski definition) is 3. The van der Waals surface area contributed by atoms with Crippen LogP contribution in [0.25, 0.3) is 0 Å². The summed E-state index contributed by atoms with van der Waals surface area (Å²) in [6.07, 6.45) is 0. The molecule has 0 aliphatic rings. The van der Waals surface area contributed by atoms with E-state index in [0.29, 0.717) is 6.07 Å². The first kappa shape index (κ1) is 14.1. The third-order valence-electron chi connectivity index (χ3n) is 2.54. The molecule has 0 aromatic heterocycles. The van der Waals surface area contributed by atoms with Crippen molar-refractivity contribution in [2.75, 3.05) is 11.1 Å². The molecule has 4 N–H and O–H groups in total. The Bertz CT molecular complexity index is 692. The van der Waals surface area contributed by atoms with Gasteiger partial charge >= 0.3 is 0 Å². The number of anilines is 2. The number of halogens is 3. The monoisotopic (exact) mass is 298 g/mol. The lowest BCUT2D eigenvalue weighted by molar-refractivity contribution is 0.102. The number of amides is 1. The molecule has 2 aromatic carbocycles. The summed E-state index contributed by atoms with van der Waals surface area (Å²) >= 11 is 5.71. The van der Waals surface area contributed by atoms with Gasteiger partial charge in [0.25, 0.3) is 5.91 Å². The van der Waals surface area contributed by atoms with Gasteiger partial charge in [-0.25, -0.2) is 8.78 Å². The van der Waals surface area contributed by atoms with Crippen molar-refractivity contribution in [3.63, 3.8) is 0 Å². The smallest absolute Gasteiger partial charge is 0.259 e. The largest absolute Gasteiger partial charge is 0.507 e. The first-order valence-electron chi connectivity index (χ1n) is 5.43. The van der Waals surface area contributed by atoms with E-state index in [0.717, 1.165) is 6.07 Å². The van der Waals surface area contributed by atoms with Crippen LogP contribution in [-0.4, -0.2) is 11.0 Å². The van der Waals surface area contributed by atoms with Crippen LogP contribution in [-0.2, 0) is 0 Å². The van der Waals surface area contributed by atoms with Gasteiger partial charge in [0.15, 0.2) is 0 Å². The number of carbonyl (C=O) groups excluding carboxylic acids is 1. The van der Waals surface area contributed by atoms with Crippen LogP contribution in [0.2, 0.25) is 5.02 Å². The molecule has 1 amide bonds. The Balaban J connectivity index is 2.32. The van der Waals surface area contributed by atoms with Crippen molar-refractivity contribution < 1.29 is 18.7 Å². The molecular weight excluding hydrogens is 290 g/mol. The molecule has 0 saturated heterocycles. The standard InChI is InChI=1S/C13H9ClF2N2O2/c14-6-1-2-12(19)7(3-6)13(20)18-11-5-10(17)8(15)4-9(11)16/h1-5,19H,17H2,(H,18,20). The molecule has 0 unspecified atom stereocenters. The maximum absolute atomic E-state index is 13.5. The summed E-state index contributed by atoms with van der Waals surface area (Å²) in [5.74, 6) is -3.02.